The standard InChI is InChI=1S/C6H15NO/c1-4(5(2)7)6(3)8/h4-6,8H,7H2,1-3H3. The van der Waals surface area contributed by atoms with Gasteiger partial charge in [0, 0.05) is 6.04 Å². The minimum Gasteiger partial charge on any atom is -0.393 e. The van der Waals surface area contributed by atoms with E-state index in [2.05, 4.69) is 0 Å². The van der Waals surface area contributed by atoms with Gasteiger partial charge in [0.05, 0.1) is 6.10 Å². The summed E-state index contributed by atoms with van der Waals surface area (Å²) in [5.41, 5.74) is 5.48. The van der Waals surface area contributed by atoms with Gasteiger partial charge in [-0.15, -0.1) is 0 Å². The van der Waals surface area contributed by atoms with E-state index in [9.17, 15) is 0 Å². The van der Waals surface area contributed by atoms with Crippen LogP contribution in [0.5, 0.6) is 0 Å². The number of aliphatic hydroxyl groups is 1. The van der Waals surface area contributed by atoms with Gasteiger partial charge in [-0.25, -0.2) is 0 Å². The van der Waals surface area contributed by atoms with Crippen molar-refractivity contribution in [2.45, 2.75) is 32.9 Å². The zero-order valence-electron chi connectivity index (χ0n) is 5.76. The van der Waals surface area contributed by atoms with Crippen LogP contribution in [0, 0.1) is 5.92 Å². The van der Waals surface area contributed by atoms with Crippen LogP contribution in [0.4, 0.5) is 0 Å². The summed E-state index contributed by atoms with van der Waals surface area (Å²) >= 11 is 0. The van der Waals surface area contributed by atoms with Crippen LogP contribution >= 0.6 is 0 Å². The molecule has 3 atom stereocenters. The van der Waals surface area contributed by atoms with Crippen LogP contribution < -0.4 is 5.73 Å². The molecule has 0 saturated heterocycles. The third kappa shape index (κ3) is 2.28. The van der Waals surface area contributed by atoms with E-state index < -0.39 is 0 Å². The fourth-order valence-corrected chi connectivity index (χ4v) is 0.439. The van der Waals surface area contributed by atoms with E-state index in [-0.39, 0.29) is 18.1 Å². The van der Waals surface area contributed by atoms with Crippen molar-refractivity contribution in [1.82, 2.24) is 0 Å². The Labute approximate surface area is 50.7 Å². The van der Waals surface area contributed by atoms with Crippen LogP contribution in [0.3, 0.4) is 0 Å². The molecule has 2 heteroatoms. The minimum atomic E-state index is -0.282. The topological polar surface area (TPSA) is 46.2 Å². The molecule has 0 heterocycles. The maximum atomic E-state index is 8.91. The first-order valence-corrected chi connectivity index (χ1v) is 2.99. The second-order valence-corrected chi connectivity index (χ2v) is 2.46. The van der Waals surface area contributed by atoms with Gasteiger partial charge in [0.25, 0.3) is 0 Å². The number of hydrogen-bond acceptors (Lipinski definition) is 2. The van der Waals surface area contributed by atoms with Crippen LogP contribution in [0.1, 0.15) is 20.8 Å². The highest BCUT2D eigenvalue weighted by atomic mass is 16.3. The van der Waals surface area contributed by atoms with Gasteiger partial charge in [-0.2, -0.15) is 0 Å². The predicted molar refractivity (Wildman–Crippen MR) is 34.5 cm³/mol. The van der Waals surface area contributed by atoms with E-state index in [1.54, 1.807) is 6.92 Å². The quantitative estimate of drug-likeness (QED) is 0.548. The molecular formula is C6H15NO. The first-order chi connectivity index (χ1) is 3.55. The van der Waals surface area contributed by atoms with Crippen LogP contribution in [-0.4, -0.2) is 17.3 Å². The SMILES string of the molecule is CC(N)C(C)C(C)O. The molecule has 0 amide bonds. The molecule has 0 bridgehead atoms. The lowest BCUT2D eigenvalue weighted by molar-refractivity contribution is 0.123. The molecule has 0 aromatic rings. The molecule has 0 aliphatic carbocycles. The monoisotopic (exact) mass is 117 g/mol. The third-order valence-corrected chi connectivity index (χ3v) is 1.59. The summed E-state index contributed by atoms with van der Waals surface area (Å²) in [6.07, 6.45) is -0.282. The number of aliphatic hydroxyl groups excluding tert-OH is 1. The van der Waals surface area contributed by atoms with Crippen LogP contribution in [-0.2, 0) is 0 Å². The summed E-state index contributed by atoms with van der Waals surface area (Å²) in [5, 5.41) is 8.91. The normalized spacial score (nSPS) is 22.1. The van der Waals surface area contributed by atoms with Gasteiger partial charge in [0.2, 0.25) is 0 Å². The maximum Gasteiger partial charge on any atom is 0.0552 e. The fraction of sp³-hybridized carbons (Fsp3) is 1.00. The summed E-state index contributed by atoms with van der Waals surface area (Å²) in [4.78, 5) is 0. The second-order valence-electron chi connectivity index (χ2n) is 2.46. The van der Waals surface area contributed by atoms with Crippen molar-refractivity contribution in [1.29, 1.82) is 0 Å². The molecule has 0 radical (unpaired) electrons. The minimum absolute atomic E-state index is 0.0926. The first-order valence-electron chi connectivity index (χ1n) is 2.99. The molecule has 0 aromatic heterocycles. The lowest BCUT2D eigenvalue weighted by Gasteiger charge is -2.17. The first kappa shape index (κ1) is 7.92. The lowest BCUT2D eigenvalue weighted by Crippen LogP contribution is -2.31. The van der Waals surface area contributed by atoms with Gasteiger partial charge in [-0.1, -0.05) is 6.92 Å². The van der Waals surface area contributed by atoms with Gasteiger partial charge in [0.15, 0.2) is 0 Å². The average Bonchev–Trinajstić information content (AvgIpc) is 1.64. The molecule has 0 aromatic carbocycles. The van der Waals surface area contributed by atoms with Crippen molar-refractivity contribution in [2.24, 2.45) is 11.7 Å². The van der Waals surface area contributed by atoms with E-state index in [4.69, 9.17) is 10.8 Å². The fourth-order valence-electron chi connectivity index (χ4n) is 0.439. The van der Waals surface area contributed by atoms with Crippen LogP contribution in [0.25, 0.3) is 0 Å². The molecule has 0 rings (SSSR count). The molecule has 0 aliphatic heterocycles. The molecule has 3 unspecified atom stereocenters. The third-order valence-electron chi connectivity index (χ3n) is 1.59. The highest BCUT2D eigenvalue weighted by Crippen LogP contribution is 2.04. The molecule has 0 fully saturated rings. The van der Waals surface area contributed by atoms with Crippen molar-refractivity contribution in [3.8, 4) is 0 Å². The highest BCUT2D eigenvalue weighted by Gasteiger charge is 2.11. The van der Waals surface area contributed by atoms with Crippen LogP contribution in [0.15, 0.2) is 0 Å². The predicted octanol–water partition coefficient (Wildman–Crippen LogP) is 0.351. The smallest absolute Gasteiger partial charge is 0.0552 e. The summed E-state index contributed by atoms with van der Waals surface area (Å²) in [6.45, 7) is 5.60. The van der Waals surface area contributed by atoms with Gasteiger partial charge < -0.3 is 10.8 Å². The summed E-state index contributed by atoms with van der Waals surface area (Å²) < 4.78 is 0. The van der Waals surface area contributed by atoms with E-state index >= 15 is 0 Å². The van der Waals surface area contributed by atoms with Crippen molar-refractivity contribution < 1.29 is 5.11 Å². The summed E-state index contributed by atoms with van der Waals surface area (Å²) in [7, 11) is 0. The number of hydrogen-bond donors (Lipinski definition) is 2. The lowest BCUT2D eigenvalue weighted by atomic mass is 9.99. The molecule has 2 nitrogen and oxygen atoms in total. The van der Waals surface area contributed by atoms with E-state index in [1.807, 2.05) is 13.8 Å². The zero-order valence-corrected chi connectivity index (χ0v) is 5.76. The van der Waals surface area contributed by atoms with Gasteiger partial charge in [-0.3, -0.25) is 0 Å². The maximum absolute atomic E-state index is 8.91. The zero-order chi connectivity index (χ0) is 6.73. The van der Waals surface area contributed by atoms with Crippen molar-refractivity contribution >= 4 is 0 Å². The molecule has 8 heavy (non-hydrogen) atoms. The molecule has 50 valence electrons. The van der Waals surface area contributed by atoms with Gasteiger partial charge in [-0.05, 0) is 19.8 Å². The Morgan fingerprint density at radius 3 is 1.62 bits per heavy atom. The van der Waals surface area contributed by atoms with E-state index in [0.29, 0.717) is 0 Å². The molecule has 0 aliphatic rings. The molecular weight excluding hydrogens is 102 g/mol. The average molecular weight is 117 g/mol. The Morgan fingerprint density at radius 2 is 1.62 bits per heavy atom. The summed E-state index contributed by atoms with van der Waals surface area (Å²) in [5.74, 6) is 0.204. The van der Waals surface area contributed by atoms with Crippen LogP contribution in [0.2, 0.25) is 0 Å². The Bertz CT molecular complexity index is 53.5. The van der Waals surface area contributed by atoms with Crippen molar-refractivity contribution in [3.63, 3.8) is 0 Å². The molecule has 0 saturated carbocycles. The van der Waals surface area contributed by atoms with Gasteiger partial charge in [0.1, 0.15) is 0 Å². The summed E-state index contributed by atoms with van der Waals surface area (Å²) in [6, 6.07) is 0.0926. The molecule has 0 spiro atoms. The van der Waals surface area contributed by atoms with Gasteiger partial charge >= 0.3 is 0 Å². The number of nitrogens with two attached hydrogens (primary N) is 1. The van der Waals surface area contributed by atoms with Crippen molar-refractivity contribution in [3.05, 3.63) is 0 Å². The van der Waals surface area contributed by atoms with E-state index in [1.165, 1.54) is 0 Å². The Hall–Kier alpha value is -0.0800. The Morgan fingerprint density at radius 1 is 1.25 bits per heavy atom. The second kappa shape index (κ2) is 3.05. The number of rotatable bonds is 2. The van der Waals surface area contributed by atoms with Crippen molar-refractivity contribution in [2.75, 3.05) is 0 Å². The van der Waals surface area contributed by atoms with E-state index in [0.717, 1.165) is 0 Å². The Balaban J connectivity index is 3.46. The highest BCUT2D eigenvalue weighted by molar-refractivity contribution is 4.67. The largest absolute Gasteiger partial charge is 0.393 e. The Kier molecular flexibility index (Phi) is 3.02. The molecule has 3 N–H and O–H groups in total.